The molecule has 7 nitrogen and oxygen atoms in total. The van der Waals surface area contributed by atoms with Gasteiger partial charge in [-0.05, 0) is 30.5 Å². The molecule has 0 fully saturated rings. The molecule has 0 bridgehead atoms. The van der Waals surface area contributed by atoms with Crippen molar-refractivity contribution < 1.29 is 12.8 Å². The lowest BCUT2D eigenvalue weighted by atomic mass is 9.98. The van der Waals surface area contributed by atoms with Crippen LogP contribution in [0.3, 0.4) is 0 Å². The second-order valence-corrected chi connectivity index (χ2v) is 12.4. The van der Waals surface area contributed by atoms with Crippen molar-refractivity contribution in [2.24, 2.45) is 5.92 Å². The Labute approximate surface area is 202 Å². The van der Waals surface area contributed by atoms with E-state index in [0.717, 1.165) is 5.01 Å². The number of nitrogens with one attached hydrogen (secondary N) is 1. The first-order chi connectivity index (χ1) is 15.3. The molecule has 0 aliphatic heterocycles. The number of nitrogens with zero attached hydrogens (tertiary/aromatic N) is 3. The maximum absolute atomic E-state index is 15.7. The first-order valence-electron chi connectivity index (χ1n) is 10.4. The molecule has 11 heteroatoms. The Morgan fingerprint density at radius 1 is 1.24 bits per heavy atom. The van der Waals surface area contributed by atoms with Gasteiger partial charge in [-0.1, -0.05) is 46.2 Å². The Morgan fingerprint density at radius 2 is 1.94 bits per heavy atom. The first-order valence-corrected chi connectivity index (χ1v) is 13.2. The molecular weight excluding hydrogens is 485 g/mol. The van der Waals surface area contributed by atoms with Crippen molar-refractivity contribution in [3.05, 3.63) is 40.2 Å². The summed E-state index contributed by atoms with van der Waals surface area (Å²) in [5.74, 6) is -0.617. The van der Waals surface area contributed by atoms with E-state index in [2.05, 4.69) is 14.7 Å². The Hall–Kier alpha value is -2.30. The van der Waals surface area contributed by atoms with E-state index in [-0.39, 0.29) is 39.3 Å². The van der Waals surface area contributed by atoms with Crippen LogP contribution < -0.4 is 10.5 Å². The molecule has 2 aromatic heterocycles. The molecule has 33 heavy (non-hydrogen) atoms. The Morgan fingerprint density at radius 3 is 2.55 bits per heavy atom. The number of hydrogen-bond donors (Lipinski definition) is 2. The topological polar surface area (TPSA) is 111 Å². The summed E-state index contributed by atoms with van der Waals surface area (Å²) < 4.78 is 43.0. The number of rotatable bonds is 7. The van der Waals surface area contributed by atoms with Crippen LogP contribution in [-0.4, -0.2) is 29.1 Å². The Kier molecular flexibility index (Phi) is 7.30. The highest BCUT2D eigenvalue weighted by molar-refractivity contribution is 7.92. The minimum Gasteiger partial charge on any atom is -0.368 e. The predicted molar refractivity (Wildman–Crippen MR) is 134 cm³/mol. The number of anilines is 2. The van der Waals surface area contributed by atoms with Crippen LogP contribution >= 0.6 is 22.9 Å². The second-order valence-electron chi connectivity index (χ2n) is 9.17. The van der Waals surface area contributed by atoms with E-state index in [1.54, 1.807) is 6.07 Å². The van der Waals surface area contributed by atoms with Gasteiger partial charge in [0.05, 0.1) is 32.7 Å². The summed E-state index contributed by atoms with van der Waals surface area (Å²) in [6.45, 7) is 9.83. The molecule has 0 spiro atoms. The van der Waals surface area contributed by atoms with Crippen molar-refractivity contribution >= 4 is 44.6 Å². The van der Waals surface area contributed by atoms with E-state index in [9.17, 15) is 8.42 Å². The van der Waals surface area contributed by atoms with Gasteiger partial charge in [0.25, 0.3) is 0 Å². The van der Waals surface area contributed by atoms with Crippen LogP contribution in [0, 0.1) is 11.7 Å². The lowest BCUT2D eigenvalue weighted by Gasteiger charge is -2.14. The fourth-order valence-corrected chi connectivity index (χ4v) is 5.64. The number of thiazole rings is 1. The van der Waals surface area contributed by atoms with Gasteiger partial charge >= 0.3 is 0 Å². The van der Waals surface area contributed by atoms with Gasteiger partial charge in [0.2, 0.25) is 16.0 Å². The number of nitrogen functional groups attached to an aromatic ring is 1. The van der Waals surface area contributed by atoms with Gasteiger partial charge in [0, 0.05) is 22.2 Å². The Bertz CT molecular complexity index is 1270. The lowest BCUT2D eigenvalue weighted by molar-refractivity contribution is 0.576. The molecule has 3 rings (SSSR count). The minimum atomic E-state index is -3.76. The normalized spacial score (nSPS) is 12.4. The SMILES string of the molecule is CC(C)CCS(=O)(=O)Nc1cc(Cl)cc(-c2nc(C(C)(C)C)sc2-c2ccnc(N)n2)c1F. The molecule has 0 aliphatic rings. The fourth-order valence-electron chi connectivity index (χ4n) is 2.94. The van der Waals surface area contributed by atoms with Gasteiger partial charge in [0.15, 0.2) is 5.82 Å². The molecule has 0 unspecified atom stereocenters. The van der Waals surface area contributed by atoms with Crippen molar-refractivity contribution in [2.45, 2.75) is 46.5 Å². The number of halogens is 2. The van der Waals surface area contributed by atoms with Crippen molar-refractivity contribution in [3.63, 3.8) is 0 Å². The molecule has 0 saturated heterocycles. The highest BCUT2D eigenvalue weighted by Crippen LogP contribution is 2.42. The summed E-state index contributed by atoms with van der Waals surface area (Å²) in [4.78, 5) is 13.5. The molecule has 3 aromatic rings. The molecule has 3 N–H and O–H groups in total. The number of nitrogens with two attached hydrogens (primary N) is 1. The summed E-state index contributed by atoms with van der Waals surface area (Å²) in [6.07, 6.45) is 1.96. The minimum absolute atomic E-state index is 0.0722. The van der Waals surface area contributed by atoms with Crippen molar-refractivity contribution in [3.8, 4) is 21.8 Å². The molecule has 2 heterocycles. The molecular formula is C22H27ClFN5O2S2. The van der Waals surface area contributed by atoms with Gasteiger partial charge in [0.1, 0.15) is 0 Å². The summed E-state index contributed by atoms with van der Waals surface area (Å²) in [5.41, 5.74) is 6.10. The molecule has 0 aliphatic carbocycles. The van der Waals surface area contributed by atoms with Crippen LogP contribution in [0.1, 0.15) is 46.0 Å². The summed E-state index contributed by atoms with van der Waals surface area (Å²) >= 11 is 7.64. The summed E-state index contributed by atoms with van der Waals surface area (Å²) in [5, 5.41) is 0.926. The van der Waals surface area contributed by atoms with E-state index in [4.69, 9.17) is 22.3 Å². The average molecular weight is 512 g/mol. The van der Waals surface area contributed by atoms with E-state index < -0.39 is 15.8 Å². The number of hydrogen-bond acceptors (Lipinski definition) is 7. The van der Waals surface area contributed by atoms with E-state index in [1.807, 2.05) is 34.6 Å². The van der Waals surface area contributed by atoms with Crippen LogP contribution in [0.25, 0.3) is 21.8 Å². The Balaban J connectivity index is 2.16. The van der Waals surface area contributed by atoms with Crippen LogP contribution in [0.4, 0.5) is 16.0 Å². The quantitative estimate of drug-likeness (QED) is 0.419. The monoisotopic (exact) mass is 511 g/mol. The zero-order chi connectivity index (χ0) is 24.6. The van der Waals surface area contributed by atoms with Crippen molar-refractivity contribution in [1.82, 2.24) is 15.0 Å². The second kappa shape index (κ2) is 9.52. The first kappa shape index (κ1) is 25.3. The number of benzene rings is 1. The third-order valence-electron chi connectivity index (χ3n) is 4.70. The van der Waals surface area contributed by atoms with Crippen LogP contribution in [0.5, 0.6) is 0 Å². The molecule has 178 valence electrons. The maximum Gasteiger partial charge on any atom is 0.232 e. The van der Waals surface area contributed by atoms with Gasteiger partial charge in [-0.3, -0.25) is 4.72 Å². The standard InChI is InChI=1S/C22H27ClFN5O2S2/c1-12(2)7-9-33(30,31)29-16-11-13(23)10-14(17(16)24)18-19(15-6-8-26-21(25)27-15)32-20(28-18)22(3,4)5/h6,8,10-12,29H,7,9H2,1-5H3,(H2,25,26,27). The van der Waals surface area contributed by atoms with Crippen molar-refractivity contribution in [2.75, 3.05) is 16.2 Å². The zero-order valence-electron chi connectivity index (χ0n) is 19.1. The maximum atomic E-state index is 15.7. The van der Waals surface area contributed by atoms with Crippen LogP contribution in [0.2, 0.25) is 5.02 Å². The molecule has 0 radical (unpaired) electrons. The van der Waals surface area contributed by atoms with Crippen LogP contribution in [0.15, 0.2) is 24.4 Å². The van der Waals surface area contributed by atoms with Crippen molar-refractivity contribution in [1.29, 1.82) is 0 Å². The molecule has 0 atom stereocenters. The van der Waals surface area contributed by atoms with E-state index in [1.165, 1.54) is 29.7 Å². The summed E-state index contributed by atoms with van der Waals surface area (Å²) in [6, 6.07) is 4.35. The summed E-state index contributed by atoms with van der Waals surface area (Å²) in [7, 11) is -3.76. The predicted octanol–water partition coefficient (Wildman–Crippen LogP) is 5.73. The number of sulfonamides is 1. The highest BCUT2D eigenvalue weighted by Gasteiger charge is 2.27. The van der Waals surface area contributed by atoms with E-state index in [0.29, 0.717) is 22.7 Å². The van der Waals surface area contributed by atoms with Gasteiger partial charge in [-0.25, -0.2) is 27.8 Å². The van der Waals surface area contributed by atoms with Crippen LogP contribution in [-0.2, 0) is 15.4 Å². The van der Waals surface area contributed by atoms with E-state index >= 15 is 4.39 Å². The third kappa shape index (κ3) is 6.18. The smallest absolute Gasteiger partial charge is 0.232 e. The zero-order valence-corrected chi connectivity index (χ0v) is 21.5. The van der Waals surface area contributed by atoms with Gasteiger partial charge < -0.3 is 5.73 Å². The molecule has 0 amide bonds. The van der Waals surface area contributed by atoms with Gasteiger partial charge in [-0.2, -0.15) is 0 Å². The largest absolute Gasteiger partial charge is 0.368 e. The average Bonchev–Trinajstić information content (AvgIpc) is 3.14. The molecule has 0 saturated carbocycles. The number of aromatic nitrogens is 3. The lowest BCUT2D eigenvalue weighted by Crippen LogP contribution is -2.19. The molecule has 1 aromatic carbocycles. The highest BCUT2D eigenvalue weighted by atomic mass is 35.5. The fraction of sp³-hybridized carbons (Fsp3) is 0.409. The third-order valence-corrected chi connectivity index (χ3v) is 7.72. The van der Waals surface area contributed by atoms with Gasteiger partial charge in [-0.15, -0.1) is 11.3 Å².